The quantitative estimate of drug-likeness (QED) is 0.397. The Morgan fingerprint density at radius 1 is 1.19 bits per heavy atom. The van der Waals surface area contributed by atoms with Crippen molar-refractivity contribution in [3.8, 4) is 11.5 Å². The first kappa shape index (κ1) is 21.3. The highest BCUT2D eigenvalue weighted by molar-refractivity contribution is 14.1. The van der Waals surface area contributed by atoms with Crippen LogP contribution in [0.3, 0.4) is 0 Å². The van der Waals surface area contributed by atoms with Crippen LogP contribution in [0.15, 0.2) is 36.5 Å². The fraction of sp³-hybridized carbons (Fsp3) is 0.381. The van der Waals surface area contributed by atoms with Crippen molar-refractivity contribution >= 4 is 34.6 Å². The molecule has 0 radical (unpaired) electrons. The Hall–Kier alpha value is -1.96. The van der Waals surface area contributed by atoms with Crippen LogP contribution >= 0.6 is 22.6 Å². The number of benzene rings is 1. The molecule has 0 aliphatic heterocycles. The number of methoxy groups -OCH3 is 2. The van der Waals surface area contributed by atoms with Gasteiger partial charge in [0.1, 0.15) is 0 Å². The number of carbonyl (C=O) groups is 1. The van der Waals surface area contributed by atoms with Crippen LogP contribution < -0.4 is 9.47 Å². The summed E-state index contributed by atoms with van der Waals surface area (Å²) >= 11 is 2.32. The lowest BCUT2D eigenvalue weighted by Gasteiger charge is -2.16. The Morgan fingerprint density at radius 3 is 2.48 bits per heavy atom. The molecule has 6 heteroatoms. The number of amides is 1. The number of rotatable bonds is 9. The van der Waals surface area contributed by atoms with Gasteiger partial charge in [0.15, 0.2) is 11.5 Å². The van der Waals surface area contributed by atoms with Gasteiger partial charge in [0.05, 0.1) is 14.2 Å². The number of carbonyl (C=O) groups excluding carboxylic acids is 1. The first-order valence-electron chi connectivity index (χ1n) is 9.06. The molecule has 0 unspecified atom stereocenters. The normalized spacial score (nSPS) is 11.0. The van der Waals surface area contributed by atoms with E-state index in [1.54, 1.807) is 25.2 Å². The van der Waals surface area contributed by atoms with E-state index < -0.39 is 0 Å². The molecule has 0 atom stereocenters. The van der Waals surface area contributed by atoms with E-state index in [-0.39, 0.29) is 5.91 Å². The maximum atomic E-state index is 12.2. The highest BCUT2D eigenvalue weighted by atomic mass is 127. The van der Waals surface area contributed by atoms with Crippen LogP contribution in [-0.2, 0) is 17.8 Å². The second kappa shape index (κ2) is 10.4. The summed E-state index contributed by atoms with van der Waals surface area (Å²) in [7, 11) is 3.29. The van der Waals surface area contributed by atoms with Crippen molar-refractivity contribution < 1.29 is 14.3 Å². The molecule has 1 heterocycles. The highest BCUT2D eigenvalue weighted by Crippen LogP contribution is 2.31. The summed E-state index contributed by atoms with van der Waals surface area (Å²) in [6.45, 7) is 6.24. The van der Waals surface area contributed by atoms with Gasteiger partial charge in [0.25, 0.3) is 0 Å². The van der Waals surface area contributed by atoms with Crippen LogP contribution in [0.5, 0.6) is 11.5 Å². The molecule has 27 heavy (non-hydrogen) atoms. The van der Waals surface area contributed by atoms with Gasteiger partial charge in [-0.05, 0) is 78.8 Å². The molecule has 0 aliphatic rings. The Labute approximate surface area is 175 Å². The van der Waals surface area contributed by atoms with Crippen molar-refractivity contribution in [2.75, 3.05) is 27.3 Å². The van der Waals surface area contributed by atoms with Gasteiger partial charge < -0.3 is 18.9 Å². The van der Waals surface area contributed by atoms with Gasteiger partial charge in [-0.3, -0.25) is 4.79 Å². The summed E-state index contributed by atoms with van der Waals surface area (Å²) in [5, 5.41) is 0. The molecule has 146 valence electrons. The van der Waals surface area contributed by atoms with E-state index in [2.05, 4.69) is 27.2 Å². The van der Waals surface area contributed by atoms with Gasteiger partial charge in [0, 0.05) is 41.2 Å². The zero-order valence-corrected chi connectivity index (χ0v) is 18.5. The minimum atomic E-state index is 0.0437. The van der Waals surface area contributed by atoms with E-state index in [9.17, 15) is 4.79 Å². The van der Waals surface area contributed by atoms with Crippen LogP contribution in [0.2, 0.25) is 0 Å². The molecule has 2 aromatic rings. The van der Waals surface area contributed by atoms with Crippen LogP contribution in [0.4, 0.5) is 0 Å². The number of hydrogen-bond acceptors (Lipinski definition) is 3. The van der Waals surface area contributed by atoms with Crippen LogP contribution in [-0.4, -0.2) is 42.7 Å². The predicted octanol–water partition coefficient (Wildman–Crippen LogP) is 4.23. The van der Waals surface area contributed by atoms with Crippen molar-refractivity contribution in [2.45, 2.75) is 26.8 Å². The maximum absolute atomic E-state index is 12.2. The molecule has 5 nitrogen and oxygen atoms in total. The molecule has 0 saturated heterocycles. The second-order valence-corrected chi connectivity index (χ2v) is 7.18. The van der Waals surface area contributed by atoms with Crippen molar-refractivity contribution in [1.82, 2.24) is 9.47 Å². The van der Waals surface area contributed by atoms with Crippen LogP contribution in [0.25, 0.3) is 6.08 Å². The Balaban J connectivity index is 2.10. The molecule has 1 amide bonds. The zero-order valence-electron chi connectivity index (χ0n) is 16.4. The smallest absolute Gasteiger partial charge is 0.246 e. The zero-order chi connectivity index (χ0) is 19.8. The third kappa shape index (κ3) is 5.51. The first-order chi connectivity index (χ1) is 13.0. The van der Waals surface area contributed by atoms with Crippen LogP contribution in [0.1, 0.15) is 25.1 Å². The Morgan fingerprint density at radius 2 is 1.85 bits per heavy atom. The summed E-state index contributed by atoms with van der Waals surface area (Å²) in [5.74, 6) is 1.53. The topological polar surface area (TPSA) is 43.7 Å². The van der Waals surface area contributed by atoms with Gasteiger partial charge in [-0.1, -0.05) is 0 Å². The number of likely N-dealkylation sites (N-methyl/N-ethyl adjacent to an activating group) is 1. The minimum Gasteiger partial charge on any atom is -0.493 e. The first-order valence-corrected chi connectivity index (χ1v) is 10.1. The number of hydrogen-bond donors (Lipinski definition) is 0. The molecule has 0 bridgehead atoms. The fourth-order valence-electron chi connectivity index (χ4n) is 2.91. The summed E-state index contributed by atoms with van der Waals surface area (Å²) in [6, 6.07) is 8.05. The second-order valence-electron chi connectivity index (χ2n) is 6.02. The van der Waals surface area contributed by atoms with E-state index >= 15 is 0 Å². The lowest BCUT2D eigenvalue weighted by molar-refractivity contribution is -0.125. The standard InChI is InChI=1S/C21H27IN2O3/c1-5-23(6-2)21(25)10-9-17-8-7-12-24(17)13-11-16-14-19(26-3)20(27-4)15-18(16)22/h7-10,12,14-15H,5-6,11,13H2,1-4H3/b10-9+. The third-order valence-corrected chi connectivity index (χ3v) is 5.52. The average molecular weight is 482 g/mol. The number of halogens is 1. The van der Waals surface area contributed by atoms with E-state index in [4.69, 9.17) is 9.47 Å². The lowest BCUT2D eigenvalue weighted by atomic mass is 10.1. The van der Waals surface area contributed by atoms with E-state index in [0.29, 0.717) is 0 Å². The molecule has 2 rings (SSSR count). The van der Waals surface area contributed by atoms with E-state index in [0.717, 1.165) is 46.8 Å². The number of nitrogens with zero attached hydrogens (tertiary/aromatic N) is 2. The molecule has 0 N–H and O–H groups in total. The Bertz CT molecular complexity index is 795. The van der Waals surface area contributed by atoms with Crippen molar-refractivity contribution in [2.24, 2.45) is 0 Å². The summed E-state index contributed by atoms with van der Waals surface area (Å²) in [6.07, 6.45) is 6.44. The molecular formula is C21H27IN2O3. The van der Waals surface area contributed by atoms with Gasteiger partial charge in [0.2, 0.25) is 5.91 Å². The summed E-state index contributed by atoms with van der Waals surface area (Å²) in [5.41, 5.74) is 2.22. The number of aromatic nitrogens is 1. The SMILES string of the molecule is CCN(CC)C(=O)/C=C/c1cccn1CCc1cc(OC)c(OC)cc1I. The van der Waals surface area contributed by atoms with Gasteiger partial charge >= 0.3 is 0 Å². The number of ether oxygens (including phenoxy) is 2. The third-order valence-electron chi connectivity index (χ3n) is 4.51. The fourth-order valence-corrected chi connectivity index (χ4v) is 3.62. The molecule has 1 aromatic heterocycles. The number of aryl methyl sites for hydroxylation is 2. The summed E-state index contributed by atoms with van der Waals surface area (Å²) < 4.78 is 14.1. The van der Waals surface area contributed by atoms with E-state index in [1.807, 2.05) is 50.4 Å². The highest BCUT2D eigenvalue weighted by Gasteiger charge is 2.10. The van der Waals surface area contributed by atoms with Crippen molar-refractivity contribution in [1.29, 1.82) is 0 Å². The van der Waals surface area contributed by atoms with Crippen molar-refractivity contribution in [3.05, 3.63) is 51.4 Å². The van der Waals surface area contributed by atoms with Gasteiger partial charge in [-0.15, -0.1) is 0 Å². The lowest BCUT2D eigenvalue weighted by Crippen LogP contribution is -2.28. The monoisotopic (exact) mass is 482 g/mol. The molecule has 0 saturated carbocycles. The van der Waals surface area contributed by atoms with Gasteiger partial charge in [-0.25, -0.2) is 0 Å². The maximum Gasteiger partial charge on any atom is 0.246 e. The van der Waals surface area contributed by atoms with Crippen LogP contribution in [0, 0.1) is 3.57 Å². The molecule has 0 fully saturated rings. The average Bonchev–Trinajstić information content (AvgIpc) is 3.13. The largest absolute Gasteiger partial charge is 0.493 e. The minimum absolute atomic E-state index is 0.0437. The van der Waals surface area contributed by atoms with Gasteiger partial charge in [-0.2, -0.15) is 0 Å². The predicted molar refractivity (Wildman–Crippen MR) is 117 cm³/mol. The molecule has 1 aromatic carbocycles. The summed E-state index contributed by atoms with van der Waals surface area (Å²) in [4.78, 5) is 14.0. The van der Waals surface area contributed by atoms with Crippen molar-refractivity contribution in [3.63, 3.8) is 0 Å². The molecule has 0 aliphatic carbocycles. The Kier molecular flexibility index (Phi) is 8.22. The van der Waals surface area contributed by atoms with E-state index in [1.165, 1.54) is 5.56 Å². The molecule has 0 spiro atoms. The molecular weight excluding hydrogens is 455 g/mol.